The molecule has 3 rings (SSSR count). The highest BCUT2D eigenvalue weighted by molar-refractivity contribution is 5.74. The summed E-state index contributed by atoms with van der Waals surface area (Å²) in [6.45, 7) is 0.994. The van der Waals surface area contributed by atoms with Crippen molar-refractivity contribution < 1.29 is 14.3 Å². The predicted molar refractivity (Wildman–Crippen MR) is 83.7 cm³/mol. The second kappa shape index (κ2) is 6.87. The number of carbonyl (C=O) groups is 1. The average Bonchev–Trinajstić information content (AvgIpc) is 3.18. The SMILES string of the molecule is CN(Cc1ccco1)C(=O)NC1CCCc2c1cnn2CCO. The van der Waals surface area contributed by atoms with Gasteiger partial charge in [-0.05, 0) is 31.4 Å². The van der Waals surface area contributed by atoms with Gasteiger partial charge in [-0.1, -0.05) is 0 Å². The third-order valence-corrected chi connectivity index (χ3v) is 4.19. The van der Waals surface area contributed by atoms with Crippen LogP contribution in [0.5, 0.6) is 0 Å². The van der Waals surface area contributed by atoms with Gasteiger partial charge in [0.2, 0.25) is 0 Å². The van der Waals surface area contributed by atoms with Crippen LogP contribution in [0.15, 0.2) is 29.0 Å². The topological polar surface area (TPSA) is 83.5 Å². The molecule has 0 spiro atoms. The summed E-state index contributed by atoms with van der Waals surface area (Å²) in [5, 5.41) is 16.5. The van der Waals surface area contributed by atoms with Crippen LogP contribution in [0.3, 0.4) is 0 Å². The van der Waals surface area contributed by atoms with E-state index < -0.39 is 0 Å². The number of rotatable bonds is 5. The van der Waals surface area contributed by atoms with E-state index in [1.807, 2.05) is 23.0 Å². The minimum absolute atomic E-state index is 0.0299. The lowest BCUT2D eigenvalue weighted by Gasteiger charge is -2.26. The number of hydrogen-bond donors (Lipinski definition) is 2. The molecule has 7 heteroatoms. The largest absolute Gasteiger partial charge is 0.467 e. The number of furan rings is 1. The summed E-state index contributed by atoms with van der Waals surface area (Å²) in [6, 6.07) is 3.50. The van der Waals surface area contributed by atoms with Crippen LogP contribution in [0.4, 0.5) is 4.79 Å². The van der Waals surface area contributed by atoms with Gasteiger partial charge in [0.05, 0.1) is 38.2 Å². The fourth-order valence-electron chi connectivity index (χ4n) is 3.02. The van der Waals surface area contributed by atoms with Gasteiger partial charge in [-0.25, -0.2) is 4.79 Å². The molecule has 2 heterocycles. The number of hydrogen-bond acceptors (Lipinski definition) is 4. The van der Waals surface area contributed by atoms with Crippen LogP contribution >= 0.6 is 0 Å². The smallest absolute Gasteiger partial charge is 0.318 e. The maximum atomic E-state index is 12.4. The van der Waals surface area contributed by atoms with Crippen LogP contribution in [0.1, 0.15) is 35.9 Å². The number of carbonyl (C=O) groups excluding carboxylic acids is 1. The highest BCUT2D eigenvalue weighted by Gasteiger charge is 2.26. The third-order valence-electron chi connectivity index (χ3n) is 4.19. The highest BCUT2D eigenvalue weighted by atomic mass is 16.3. The van der Waals surface area contributed by atoms with Gasteiger partial charge in [-0.2, -0.15) is 5.10 Å². The van der Waals surface area contributed by atoms with Crippen LogP contribution < -0.4 is 5.32 Å². The van der Waals surface area contributed by atoms with Crippen molar-refractivity contribution in [3.05, 3.63) is 41.6 Å². The summed E-state index contributed by atoms with van der Waals surface area (Å²) in [6.07, 6.45) is 6.24. The summed E-state index contributed by atoms with van der Waals surface area (Å²) in [4.78, 5) is 14.0. The molecule has 2 amide bonds. The van der Waals surface area contributed by atoms with E-state index in [2.05, 4.69) is 10.4 Å². The van der Waals surface area contributed by atoms with Crippen LogP contribution in [0.2, 0.25) is 0 Å². The first kappa shape index (κ1) is 15.6. The number of nitrogens with one attached hydrogen (secondary N) is 1. The van der Waals surface area contributed by atoms with Crippen LogP contribution in [0, 0.1) is 0 Å². The van der Waals surface area contributed by atoms with Gasteiger partial charge >= 0.3 is 6.03 Å². The first-order valence-electron chi connectivity index (χ1n) is 7.88. The monoisotopic (exact) mass is 318 g/mol. The number of aliphatic hydroxyl groups excluding tert-OH is 1. The molecule has 7 nitrogen and oxygen atoms in total. The first-order valence-corrected chi connectivity index (χ1v) is 7.88. The predicted octanol–water partition coefficient (Wildman–Crippen LogP) is 1.69. The minimum Gasteiger partial charge on any atom is -0.467 e. The molecule has 0 fully saturated rings. The van der Waals surface area contributed by atoms with E-state index in [9.17, 15) is 4.79 Å². The van der Waals surface area contributed by atoms with Crippen molar-refractivity contribution in [1.82, 2.24) is 20.0 Å². The molecule has 1 aliphatic carbocycles. The van der Waals surface area contributed by atoms with Crippen LogP contribution in [0.25, 0.3) is 0 Å². The van der Waals surface area contributed by atoms with E-state index in [1.54, 1.807) is 18.2 Å². The zero-order valence-corrected chi connectivity index (χ0v) is 13.2. The number of fused-ring (bicyclic) bond motifs is 1. The molecule has 1 aliphatic rings. The molecule has 0 saturated heterocycles. The summed E-state index contributed by atoms with van der Waals surface area (Å²) >= 11 is 0. The molecule has 0 radical (unpaired) electrons. The molecule has 0 saturated carbocycles. The Morgan fingerprint density at radius 1 is 1.61 bits per heavy atom. The second-order valence-electron chi connectivity index (χ2n) is 5.82. The van der Waals surface area contributed by atoms with Gasteiger partial charge in [0.15, 0.2) is 0 Å². The molecule has 23 heavy (non-hydrogen) atoms. The van der Waals surface area contributed by atoms with Gasteiger partial charge in [0.25, 0.3) is 0 Å². The Bertz CT molecular complexity index is 650. The van der Waals surface area contributed by atoms with Crippen molar-refractivity contribution in [3.8, 4) is 0 Å². The van der Waals surface area contributed by atoms with Gasteiger partial charge in [0, 0.05) is 18.3 Å². The van der Waals surface area contributed by atoms with Crippen molar-refractivity contribution in [2.45, 2.75) is 38.4 Å². The number of aliphatic hydroxyl groups is 1. The molecular weight excluding hydrogens is 296 g/mol. The molecular formula is C16H22N4O3. The fraction of sp³-hybridized carbons (Fsp3) is 0.500. The van der Waals surface area contributed by atoms with Crippen LogP contribution in [-0.4, -0.2) is 39.5 Å². The molecule has 2 aromatic heterocycles. The van der Waals surface area contributed by atoms with E-state index in [4.69, 9.17) is 9.52 Å². The number of amides is 2. The summed E-state index contributed by atoms with van der Waals surface area (Å²) in [5.41, 5.74) is 2.17. The molecule has 2 N–H and O–H groups in total. The van der Waals surface area contributed by atoms with Gasteiger partial charge < -0.3 is 19.7 Å². The maximum Gasteiger partial charge on any atom is 0.318 e. The third kappa shape index (κ3) is 3.39. The van der Waals surface area contributed by atoms with Crippen molar-refractivity contribution in [2.75, 3.05) is 13.7 Å². The van der Waals surface area contributed by atoms with E-state index >= 15 is 0 Å². The fourth-order valence-corrected chi connectivity index (χ4v) is 3.02. The summed E-state index contributed by atoms with van der Waals surface area (Å²) in [7, 11) is 1.75. The summed E-state index contributed by atoms with van der Waals surface area (Å²) < 4.78 is 7.11. The number of urea groups is 1. The molecule has 1 atom stereocenters. The van der Waals surface area contributed by atoms with Gasteiger partial charge in [-0.15, -0.1) is 0 Å². The van der Waals surface area contributed by atoms with Crippen molar-refractivity contribution in [1.29, 1.82) is 0 Å². The molecule has 2 aromatic rings. The Kier molecular flexibility index (Phi) is 4.66. The molecule has 0 aromatic carbocycles. The zero-order chi connectivity index (χ0) is 16.2. The highest BCUT2D eigenvalue weighted by Crippen LogP contribution is 2.29. The molecule has 0 aliphatic heterocycles. The van der Waals surface area contributed by atoms with E-state index in [0.29, 0.717) is 13.1 Å². The quantitative estimate of drug-likeness (QED) is 0.879. The lowest BCUT2D eigenvalue weighted by Crippen LogP contribution is -2.39. The normalized spacial score (nSPS) is 16.9. The maximum absolute atomic E-state index is 12.4. The zero-order valence-electron chi connectivity index (χ0n) is 13.2. The Morgan fingerprint density at radius 2 is 2.48 bits per heavy atom. The Balaban J connectivity index is 1.65. The first-order chi connectivity index (χ1) is 11.2. The van der Waals surface area contributed by atoms with E-state index in [-0.39, 0.29) is 18.7 Å². The Morgan fingerprint density at radius 3 is 3.22 bits per heavy atom. The van der Waals surface area contributed by atoms with Gasteiger partial charge in [-0.3, -0.25) is 4.68 Å². The molecule has 0 bridgehead atoms. The average molecular weight is 318 g/mol. The number of nitrogens with zero attached hydrogens (tertiary/aromatic N) is 3. The molecule has 124 valence electrons. The Labute approximate surface area is 134 Å². The van der Waals surface area contributed by atoms with E-state index in [1.165, 1.54) is 0 Å². The molecule has 1 unspecified atom stereocenters. The second-order valence-corrected chi connectivity index (χ2v) is 5.82. The van der Waals surface area contributed by atoms with E-state index in [0.717, 1.165) is 36.3 Å². The Hall–Kier alpha value is -2.28. The number of aromatic nitrogens is 2. The van der Waals surface area contributed by atoms with Crippen molar-refractivity contribution >= 4 is 6.03 Å². The lowest BCUT2D eigenvalue weighted by molar-refractivity contribution is 0.197. The van der Waals surface area contributed by atoms with Crippen molar-refractivity contribution in [3.63, 3.8) is 0 Å². The summed E-state index contributed by atoms with van der Waals surface area (Å²) in [5.74, 6) is 0.753. The lowest BCUT2D eigenvalue weighted by atomic mass is 9.93. The van der Waals surface area contributed by atoms with Crippen LogP contribution in [-0.2, 0) is 19.5 Å². The van der Waals surface area contributed by atoms with Crippen molar-refractivity contribution in [2.24, 2.45) is 0 Å². The van der Waals surface area contributed by atoms with Gasteiger partial charge in [0.1, 0.15) is 5.76 Å². The minimum atomic E-state index is -0.130. The standard InChI is InChI=1S/C16H22N4O3/c1-19(11-12-4-3-9-23-12)16(22)18-14-5-2-6-15-13(14)10-17-20(15)7-8-21/h3-4,9-10,14,21H,2,5-8,11H2,1H3,(H,18,22).